The standard InChI is InChI=1S/C11H12F2O.C10H23N/c12-11(13)6-10(11)8-14-7-9-4-2-1-3-5-9;1-4-5-6-7-8-9-10-11(2)3/h1-5,10H,6-8H2;4-10H2,1-3H3. The largest absolute Gasteiger partial charge is 0.376 e. The SMILES string of the molecule is CCCCCCCCN(C)C.FC1(F)CC1COCc1ccccc1. The summed E-state index contributed by atoms with van der Waals surface area (Å²) < 4.78 is 30.1. The monoisotopic (exact) mass is 355 g/mol. The molecule has 0 aliphatic heterocycles. The fourth-order valence-corrected chi connectivity index (χ4v) is 2.55. The number of benzene rings is 1. The predicted molar refractivity (Wildman–Crippen MR) is 101 cm³/mol. The lowest BCUT2D eigenvalue weighted by atomic mass is 10.1. The Kier molecular flexibility index (Phi) is 10.9. The van der Waals surface area contributed by atoms with Gasteiger partial charge >= 0.3 is 0 Å². The topological polar surface area (TPSA) is 12.5 Å². The third-order valence-electron chi connectivity index (χ3n) is 4.35. The van der Waals surface area contributed by atoms with Gasteiger partial charge in [0.1, 0.15) is 0 Å². The maximum Gasteiger partial charge on any atom is 0.253 e. The molecule has 25 heavy (non-hydrogen) atoms. The van der Waals surface area contributed by atoms with Crippen LogP contribution in [0.3, 0.4) is 0 Å². The van der Waals surface area contributed by atoms with Crippen LogP contribution in [0.4, 0.5) is 8.78 Å². The Labute approximate surface area is 152 Å². The molecule has 0 amide bonds. The first-order valence-electron chi connectivity index (χ1n) is 9.60. The molecule has 1 atom stereocenters. The molecule has 1 unspecified atom stereocenters. The zero-order valence-electron chi connectivity index (χ0n) is 16.1. The van der Waals surface area contributed by atoms with Gasteiger partial charge in [0.25, 0.3) is 5.92 Å². The highest BCUT2D eigenvalue weighted by Gasteiger charge is 2.56. The third kappa shape index (κ3) is 11.3. The highest BCUT2D eigenvalue weighted by Crippen LogP contribution is 2.48. The zero-order chi connectivity index (χ0) is 18.5. The summed E-state index contributed by atoms with van der Waals surface area (Å²) in [6.07, 6.45) is 8.41. The van der Waals surface area contributed by atoms with Crippen molar-refractivity contribution in [1.82, 2.24) is 4.90 Å². The van der Waals surface area contributed by atoms with E-state index in [9.17, 15) is 8.78 Å². The van der Waals surface area contributed by atoms with Gasteiger partial charge in [-0.1, -0.05) is 69.4 Å². The van der Waals surface area contributed by atoms with Crippen molar-refractivity contribution in [1.29, 1.82) is 0 Å². The van der Waals surface area contributed by atoms with Crippen LogP contribution in [-0.4, -0.2) is 38.1 Å². The number of hydrogen-bond donors (Lipinski definition) is 0. The molecule has 0 saturated heterocycles. The van der Waals surface area contributed by atoms with E-state index in [-0.39, 0.29) is 13.0 Å². The normalized spacial score (nSPS) is 17.9. The first kappa shape index (κ1) is 22.0. The minimum atomic E-state index is -2.46. The smallest absolute Gasteiger partial charge is 0.253 e. The van der Waals surface area contributed by atoms with Gasteiger partial charge in [0.2, 0.25) is 0 Å². The molecule has 144 valence electrons. The second-order valence-electron chi connectivity index (χ2n) is 7.23. The van der Waals surface area contributed by atoms with Crippen LogP contribution in [0.15, 0.2) is 30.3 Å². The molecule has 0 spiro atoms. The van der Waals surface area contributed by atoms with Crippen molar-refractivity contribution < 1.29 is 13.5 Å². The maximum absolute atomic E-state index is 12.4. The lowest BCUT2D eigenvalue weighted by Gasteiger charge is -2.08. The van der Waals surface area contributed by atoms with Crippen LogP contribution in [0, 0.1) is 5.92 Å². The number of alkyl halides is 2. The number of ether oxygens (including phenoxy) is 1. The van der Waals surface area contributed by atoms with Crippen molar-refractivity contribution in [3.63, 3.8) is 0 Å². The van der Waals surface area contributed by atoms with Crippen LogP contribution in [0.5, 0.6) is 0 Å². The van der Waals surface area contributed by atoms with E-state index in [1.165, 1.54) is 45.1 Å². The van der Waals surface area contributed by atoms with Crippen LogP contribution in [0.1, 0.15) is 57.4 Å². The molecule has 1 aromatic carbocycles. The van der Waals surface area contributed by atoms with E-state index < -0.39 is 11.8 Å². The van der Waals surface area contributed by atoms with Crippen molar-refractivity contribution in [3.05, 3.63) is 35.9 Å². The fraction of sp³-hybridized carbons (Fsp3) is 0.714. The van der Waals surface area contributed by atoms with Gasteiger partial charge in [0.05, 0.1) is 19.1 Å². The fourth-order valence-electron chi connectivity index (χ4n) is 2.55. The summed E-state index contributed by atoms with van der Waals surface area (Å²) in [4.78, 5) is 2.26. The Bertz CT molecular complexity index is 437. The molecule has 0 N–H and O–H groups in total. The molecule has 0 bridgehead atoms. The summed E-state index contributed by atoms with van der Waals surface area (Å²) in [6, 6.07) is 9.57. The number of halogens is 2. The second kappa shape index (κ2) is 12.4. The van der Waals surface area contributed by atoms with Gasteiger partial charge in [-0.05, 0) is 32.6 Å². The summed E-state index contributed by atoms with van der Waals surface area (Å²) in [5, 5.41) is 0. The quantitative estimate of drug-likeness (QED) is 0.467. The van der Waals surface area contributed by atoms with Crippen molar-refractivity contribution >= 4 is 0 Å². The second-order valence-corrected chi connectivity index (χ2v) is 7.23. The molecule has 1 saturated carbocycles. The molecule has 0 aromatic heterocycles. The number of rotatable bonds is 11. The Balaban J connectivity index is 0.000000260. The average Bonchev–Trinajstić information content (AvgIpc) is 3.19. The maximum atomic E-state index is 12.4. The van der Waals surface area contributed by atoms with E-state index in [2.05, 4.69) is 25.9 Å². The average molecular weight is 356 g/mol. The van der Waals surface area contributed by atoms with Gasteiger partial charge in [0.15, 0.2) is 0 Å². The first-order chi connectivity index (χ1) is 12.0. The van der Waals surface area contributed by atoms with Gasteiger partial charge < -0.3 is 9.64 Å². The molecule has 0 heterocycles. The summed E-state index contributed by atoms with van der Waals surface area (Å²) in [5.74, 6) is -3.01. The van der Waals surface area contributed by atoms with Gasteiger partial charge in [-0.25, -0.2) is 8.78 Å². The van der Waals surface area contributed by atoms with Crippen molar-refractivity contribution in [2.75, 3.05) is 27.2 Å². The molecule has 0 radical (unpaired) electrons. The summed E-state index contributed by atoms with van der Waals surface area (Å²) in [5.41, 5.74) is 1.02. The Morgan fingerprint density at radius 3 is 2.20 bits per heavy atom. The van der Waals surface area contributed by atoms with Crippen LogP contribution in [0.2, 0.25) is 0 Å². The summed E-state index contributed by atoms with van der Waals surface area (Å²) in [7, 11) is 4.29. The number of nitrogens with zero attached hydrogens (tertiary/aromatic N) is 1. The van der Waals surface area contributed by atoms with E-state index in [4.69, 9.17) is 4.74 Å². The lowest BCUT2D eigenvalue weighted by molar-refractivity contribution is 0.0491. The van der Waals surface area contributed by atoms with Crippen LogP contribution < -0.4 is 0 Å². The molecule has 1 aromatic rings. The highest BCUT2D eigenvalue weighted by atomic mass is 19.3. The van der Waals surface area contributed by atoms with Gasteiger partial charge in [0, 0.05) is 6.42 Å². The first-order valence-corrected chi connectivity index (χ1v) is 9.60. The van der Waals surface area contributed by atoms with Gasteiger partial charge in [-0.2, -0.15) is 0 Å². The van der Waals surface area contributed by atoms with Crippen molar-refractivity contribution in [2.45, 2.75) is 64.4 Å². The van der Waals surface area contributed by atoms with E-state index in [0.29, 0.717) is 6.61 Å². The lowest BCUT2D eigenvalue weighted by Crippen LogP contribution is -2.12. The Hall–Kier alpha value is -1.00. The van der Waals surface area contributed by atoms with E-state index in [0.717, 1.165) is 5.56 Å². The summed E-state index contributed by atoms with van der Waals surface area (Å²) >= 11 is 0. The molecule has 1 aliphatic carbocycles. The van der Waals surface area contributed by atoms with E-state index >= 15 is 0 Å². The highest BCUT2D eigenvalue weighted by molar-refractivity contribution is 5.13. The molecule has 1 aliphatic rings. The third-order valence-corrected chi connectivity index (χ3v) is 4.35. The molecule has 2 rings (SSSR count). The van der Waals surface area contributed by atoms with E-state index in [1.807, 2.05) is 30.3 Å². The van der Waals surface area contributed by atoms with Gasteiger partial charge in [-0.3, -0.25) is 0 Å². The molecular formula is C21H35F2NO. The minimum absolute atomic E-state index is 0.0121. The van der Waals surface area contributed by atoms with E-state index in [1.54, 1.807) is 0 Å². The van der Waals surface area contributed by atoms with Crippen LogP contribution >= 0.6 is 0 Å². The van der Waals surface area contributed by atoms with Crippen molar-refractivity contribution in [2.24, 2.45) is 5.92 Å². The van der Waals surface area contributed by atoms with Crippen molar-refractivity contribution in [3.8, 4) is 0 Å². The molecule has 4 heteroatoms. The molecule has 2 nitrogen and oxygen atoms in total. The molecule has 1 fully saturated rings. The number of unbranched alkanes of at least 4 members (excludes halogenated alkanes) is 5. The molecular weight excluding hydrogens is 320 g/mol. The summed E-state index contributed by atoms with van der Waals surface area (Å²) in [6.45, 7) is 4.11. The van der Waals surface area contributed by atoms with Crippen LogP contribution in [0.25, 0.3) is 0 Å². The Morgan fingerprint density at radius 1 is 1.04 bits per heavy atom. The van der Waals surface area contributed by atoms with Crippen LogP contribution in [-0.2, 0) is 11.3 Å². The minimum Gasteiger partial charge on any atom is -0.376 e. The number of hydrogen-bond acceptors (Lipinski definition) is 2. The van der Waals surface area contributed by atoms with Gasteiger partial charge in [-0.15, -0.1) is 0 Å². The Morgan fingerprint density at radius 2 is 1.64 bits per heavy atom. The predicted octanol–water partition coefficient (Wildman–Crippen LogP) is 5.77. The zero-order valence-corrected chi connectivity index (χ0v) is 16.1.